The van der Waals surface area contributed by atoms with Crippen LogP contribution in [0.4, 0.5) is 4.39 Å². The number of aryl methyl sites for hydroxylation is 1. The summed E-state index contributed by atoms with van der Waals surface area (Å²) in [7, 11) is -3.90. The molecular formula is C19H18ClFN6O3S. The van der Waals surface area contributed by atoms with Crippen molar-refractivity contribution < 1.29 is 17.6 Å². The van der Waals surface area contributed by atoms with Crippen LogP contribution in [-0.2, 0) is 15.4 Å². The number of benzene rings is 1. The van der Waals surface area contributed by atoms with Crippen LogP contribution in [0, 0.1) is 12.7 Å². The average molecular weight is 465 g/mol. The standard InChI is InChI=1S/C19H18ClFN6O3S/c1-12-7-13(20)4-5-14(12)18(28)23-9-19(17-15(21)3-2-6-22-17)10-27(11-19)31(29,30)16-8-24-26-25-16/h2-8H,9-11H2,1H3,(H,23,28)(H,24,25,26). The second kappa shape index (κ2) is 7.98. The minimum absolute atomic E-state index is 0.00727. The summed E-state index contributed by atoms with van der Waals surface area (Å²) in [4.78, 5) is 16.9. The molecule has 12 heteroatoms. The smallest absolute Gasteiger partial charge is 0.264 e. The van der Waals surface area contributed by atoms with Gasteiger partial charge in [-0.2, -0.15) is 4.31 Å². The van der Waals surface area contributed by atoms with E-state index in [1.54, 1.807) is 25.1 Å². The quantitative estimate of drug-likeness (QED) is 0.572. The lowest BCUT2D eigenvalue weighted by molar-refractivity contribution is 0.0894. The second-order valence-electron chi connectivity index (χ2n) is 7.34. The van der Waals surface area contributed by atoms with Crippen LogP contribution in [0.25, 0.3) is 0 Å². The van der Waals surface area contributed by atoms with Gasteiger partial charge in [-0.3, -0.25) is 14.9 Å². The van der Waals surface area contributed by atoms with Gasteiger partial charge >= 0.3 is 0 Å². The maximum Gasteiger partial charge on any atom is 0.264 e. The molecule has 3 aromatic rings. The summed E-state index contributed by atoms with van der Waals surface area (Å²) in [6.07, 6.45) is 2.60. The van der Waals surface area contributed by atoms with Crippen molar-refractivity contribution in [2.75, 3.05) is 19.6 Å². The van der Waals surface area contributed by atoms with E-state index in [0.29, 0.717) is 16.1 Å². The maximum absolute atomic E-state index is 14.6. The molecule has 2 N–H and O–H groups in total. The molecule has 1 aliphatic rings. The predicted molar refractivity (Wildman–Crippen MR) is 110 cm³/mol. The molecule has 2 aromatic heterocycles. The van der Waals surface area contributed by atoms with E-state index in [9.17, 15) is 17.6 Å². The number of nitrogens with one attached hydrogen (secondary N) is 2. The molecule has 3 heterocycles. The van der Waals surface area contributed by atoms with E-state index in [-0.39, 0.29) is 36.3 Å². The first-order valence-corrected chi connectivity index (χ1v) is 11.1. The number of halogens is 2. The van der Waals surface area contributed by atoms with Crippen molar-refractivity contribution in [3.05, 3.63) is 70.4 Å². The second-order valence-corrected chi connectivity index (χ2v) is 9.66. The topological polar surface area (TPSA) is 121 Å². The first-order chi connectivity index (χ1) is 14.7. The number of hydrogen-bond donors (Lipinski definition) is 2. The van der Waals surface area contributed by atoms with Crippen molar-refractivity contribution in [1.29, 1.82) is 0 Å². The number of carbonyl (C=O) groups excluding carboxylic acids is 1. The molecular weight excluding hydrogens is 447 g/mol. The molecule has 1 amide bonds. The average Bonchev–Trinajstić information content (AvgIpc) is 3.23. The van der Waals surface area contributed by atoms with Crippen LogP contribution in [0.2, 0.25) is 5.02 Å². The van der Waals surface area contributed by atoms with Gasteiger partial charge in [0.05, 0.1) is 17.3 Å². The van der Waals surface area contributed by atoms with E-state index in [1.165, 1.54) is 24.5 Å². The number of aromatic amines is 1. The van der Waals surface area contributed by atoms with Crippen LogP contribution in [0.5, 0.6) is 0 Å². The third-order valence-corrected chi connectivity index (χ3v) is 7.14. The molecule has 0 radical (unpaired) electrons. The fraction of sp³-hybridized carbons (Fsp3) is 0.263. The SMILES string of the molecule is Cc1cc(Cl)ccc1C(=O)NCC1(c2ncccc2F)CN(S(=O)(=O)c2c[nH]nn2)C1. The van der Waals surface area contributed by atoms with E-state index in [4.69, 9.17) is 11.6 Å². The van der Waals surface area contributed by atoms with Crippen molar-refractivity contribution in [3.8, 4) is 0 Å². The Morgan fingerprint density at radius 1 is 1.35 bits per heavy atom. The number of rotatable bonds is 6. The van der Waals surface area contributed by atoms with Gasteiger partial charge in [-0.05, 0) is 42.8 Å². The van der Waals surface area contributed by atoms with Gasteiger partial charge < -0.3 is 5.32 Å². The Morgan fingerprint density at radius 2 is 2.13 bits per heavy atom. The zero-order chi connectivity index (χ0) is 22.2. The number of hydrogen-bond acceptors (Lipinski definition) is 6. The Morgan fingerprint density at radius 3 is 2.77 bits per heavy atom. The van der Waals surface area contributed by atoms with Gasteiger partial charge in [0.15, 0.2) is 0 Å². The summed E-state index contributed by atoms with van der Waals surface area (Å²) in [5, 5.41) is 12.4. The lowest BCUT2D eigenvalue weighted by Crippen LogP contribution is -2.65. The molecule has 1 saturated heterocycles. The minimum Gasteiger partial charge on any atom is -0.351 e. The molecule has 0 spiro atoms. The van der Waals surface area contributed by atoms with Crippen LogP contribution < -0.4 is 5.32 Å². The lowest BCUT2D eigenvalue weighted by Gasteiger charge is -2.48. The molecule has 31 heavy (non-hydrogen) atoms. The van der Waals surface area contributed by atoms with Gasteiger partial charge in [-0.1, -0.05) is 16.8 Å². The zero-order valence-electron chi connectivity index (χ0n) is 16.3. The number of carbonyl (C=O) groups is 1. The van der Waals surface area contributed by atoms with Crippen LogP contribution in [-0.4, -0.2) is 58.7 Å². The maximum atomic E-state index is 14.6. The van der Waals surface area contributed by atoms with Gasteiger partial charge in [-0.25, -0.2) is 12.8 Å². The first-order valence-electron chi connectivity index (χ1n) is 9.25. The molecule has 0 aliphatic carbocycles. The number of aromatic nitrogens is 4. The highest BCUT2D eigenvalue weighted by molar-refractivity contribution is 7.89. The van der Waals surface area contributed by atoms with Crippen molar-refractivity contribution in [2.45, 2.75) is 17.4 Å². The Hall–Kier alpha value is -2.89. The highest BCUT2D eigenvalue weighted by Gasteiger charge is 2.52. The summed E-state index contributed by atoms with van der Waals surface area (Å²) < 4.78 is 41.1. The van der Waals surface area contributed by atoms with E-state index in [2.05, 4.69) is 25.7 Å². The van der Waals surface area contributed by atoms with Crippen molar-refractivity contribution in [1.82, 2.24) is 30.0 Å². The summed E-state index contributed by atoms with van der Waals surface area (Å²) in [5.74, 6) is -0.944. The van der Waals surface area contributed by atoms with Gasteiger partial charge in [0.25, 0.3) is 15.9 Å². The van der Waals surface area contributed by atoms with Gasteiger partial charge in [0.2, 0.25) is 5.03 Å². The third-order valence-electron chi connectivity index (χ3n) is 5.24. The van der Waals surface area contributed by atoms with E-state index in [1.807, 2.05) is 0 Å². The summed E-state index contributed by atoms with van der Waals surface area (Å²) in [6, 6.07) is 7.57. The highest BCUT2D eigenvalue weighted by atomic mass is 35.5. The van der Waals surface area contributed by atoms with Crippen molar-refractivity contribution >= 4 is 27.5 Å². The Kier molecular flexibility index (Phi) is 5.50. The fourth-order valence-corrected chi connectivity index (χ4v) is 5.27. The van der Waals surface area contributed by atoms with E-state index >= 15 is 0 Å². The largest absolute Gasteiger partial charge is 0.351 e. The number of H-pyrrole nitrogens is 1. The Labute approximate surface area is 182 Å². The monoisotopic (exact) mass is 464 g/mol. The number of pyridine rings is 1. The third kappa shape index (κ3) is 3.91. The Balaban J connectivity index is 1.58. The van der Waals surface area contributed by atoms with Gasteiger partial charge in [0, 0.05) is 36.4 Å². The molecule has 4 rings (SSSR count). The molecule has 1 aliphatic heterocycles. The van der Waals surface area contributed by atoms with Crippen LogP contribution in [0.1, 0.15) is 21.6 Å². The number of amides is 1. The Bertz CT molecular complexity index is 1230. The molecule has 0 saturated carbocycles. The molecule has 0 unspecified atom stereocenters. The molecule has 1 aromatic carbocycles. The normalized spacial score (nSPS) is 16.0. The molecule has 0 atom stereocenters. The van der Waals surface area contributed by atoms with E-state index < -0.39 is 21.3 Å². The van der Waals surface area contributed by atoms with Crippen molar-refractivity contribution in [2.24, 2.45) is 0 Å². The van der Waals surface area contributed by atoms with Crippen LogP contribution in [0.15, 0.2) is 47.8 Å². The molecule has 1 fully saturated rings. The number of sulfonamides is 1. The predicted octanol–water partition coefficient (Wildman–Crippen LogP) is 1.67. The first kappa shape index (κ1) is 21.3. The van der Waals surface area contributed by atoms with Crippen molar-refractivity contribution in [3.63, 3.8) is 0 Å². The molecule has 162 valence electrons. The van der Waals surface area contributed by atoms with Gasteiger partial charge in [-0.15, -0.1) is 5.10 Å². The summed E-state index contributed by atoms with van der Waals surface area (Å²) in [5.41, 5.74) is 0.173. The summed E-state index contributed by atoms with van der Waals surface area (Å²) >= 11 is 5.95. The van der Waals surface area contributed by atoms with Crippen LogP contribution >= 0.6 is 11.6 Å². The minimum atomic E-state index is -3.90. The van der Waals surface area contributed by atoms with Gasteiger partial charge in [0.1, 0.15) is 5.82 Å². The zero-order valence-corrected chi connectivity index (χ0v) is 17.9. The fourth-order valence-electron chi connectivity index (χ4n) is 3.60. The number of nitrogens with zero attached hydrogens (tertiary/aromatic N) is 4. The highest BCUT2D eigenvalue weighted by Crippen LogP contribution is 2.37. The lowest BCUT2D eigenvalue weighted by atomic mass is 9.77. The molecule has 0 bridgehead atoms. The van der Waals surface area contributed by atoms with E-state index in [0.717, 1.165) is 4.31 Å². The molecule has 9 nitrogen and oxygen atoms in total. The van der Waals surface area contributed by atoms with Crippen LogP contribution in [0.3, 0.4) is 0 Å². The summed E-state index contributed by atoms with van der Waals surface area (Å²) in [6.45, 7) is 1.60.